The molecule has 0 bridgehead atoms. The first kappa shape index (κ1) is 14.9. The summed E-state index contributed by atoms with van der Waals surface area (Å²) in [5.41, 5.74) is 10.0. The van der Waals surface area contributed by atoms with Crippen LogP contribution in [-0.4, -0.2) is 13.2 Å². The Kier molecular flexibility index (Phi) is 4.08. The molecule has 1 aliphatic rings. The minimum Gasteiger partial charge on any atom is -0.482 e. The third kappa shape index (κ3) is 2.95. The first-order chi connectivity index (χ1) is 10.6. The van der Waals surface area contributed by atoms with Gasteiger partial charge >= 0.3 is 0 Å². The van der Waals surface area contributed by atoms with Gasteiger partial charge in [0, 0.05) is 18.5 Å². The number of anilines is 1. The van der Waals surface area contributed by atoms with Gasteiger partial charge in [-0.25, -0.2) is 0 Å². The minimum absolute atomic E-state index is 0.313. The SMILES string of the molecule is Cc1ccc(C2(Oc3ccc(N)cc3)CCOCC2)cc1C. The summed E-state index contributed by atoms with van der Waals surface area (Å²) in [6, 6.07) is 14.2. The van der Waals surface area contributed by atoms with Crippen LogP contribution in [-0.2, 0) is 10.3 Å². The monoisotopic (exact) mass is 297 g/mol. The topological polar surface area (TPSA) is 44.5 Å². The molecule has 0 atom stereocenters. The molecular formula is C19H23NO2. The highest BCUT2D eigenvalue weighted by Crippen LogP contribution is 2.38. The van der Waals surface area contributed by atoms with E-state index >= 15 is 0 Å². The average molecular weight is 297 g/mol. The molecule has 0 aliphatic carbocycles. The van der Waals surface area contributed by atoms with E-state index in [9.17, 15) is 0 Å². The summed E-state index contributed by atoms with van der Waals surface area (Å²) < 4.78 is 12.0. The van der Waals surface area contributed by atoms with Crippen molar-refractivity contribution in [2.24, 2.45) is 0 Å². The van der Waals surface area contributed by atoms with Gasteiger partial charge in [0.1, 0.15) is 11.4 Å². The van der Waals surface area contributed by atoms with E-state index in [1.165, 1.54) is 16.7 Å². The van der Waals surface area contributed by atoms with Crippen LogP contribution in [0, 0.1) is 13.8 Å². The van der Waals surface area contributed by atoms with Crippen LogP contribution < -0.4 is 10.5 Å². The number of benzene rings is 2. The second-order valence-corrected chi connectivity index (χ2v) is 6.08. The Bertz CT molecular complexity index is 643. The normalized spacial score (nSPS) is 17.2. The van der Waals surface area contributed by atoms with E-state index in [4.69, 9.17) is 15.2 Å². The van der Waals surface area contributed by atoms with Crippen LogP contribution in [0.2, 0.25) is 0 Å². The van der Waals surface area contributed by atoms with Gasteiger partial charge in [0.05, 0.1) is 13.2 Å². The van der Waals surface area contributed by atoms with E-state index in [0.717, 1.165) is 37.5 Å². The van der Waals surface area contributed by atoms with Crippen LogP contribution >= 0.6 is 0 Å². The number of hydrogen-bond donors (Lipinski definition) is 1. The fourth-order valence-corrected chi connectivity index (χ4v) is 2.94. The van der Waals surface area contributed by atoms with Crippen molar-refractivity contribution in [2.45, 2.75) is 32.3 Å². The molecule has 2 aromatic carbocycles. The van der Waals surface area contributed by atoms with Gasteiger partial charge in [0.2, 0.25) is 0 Å². The van der Waals surface area contributed by atoms with Crippen molar-refractivity contribution in [3.63, 3.8) is 0 Å². The predicted molar refractivity (Wildman–Crippen MR) is 89.1 cm³/mol. The van der Waals surface area contributed by atoms with Gasteiger partial charge in [0.15, 0.2) is 0 Å². The molecular weight excluding hydrogens is 274 g/mol. The molecule has 1 aliphatic heterocycles. The standard InChI is InChI=1S/C19H23NO2/c1-14-3-4-16(13-15(14)2)19(9-11-21-12-10-19)22-18-7-5-17(20)6-8-18/h3-8,13H,9-12,20H2,1-2H3. The fourth-order valence-electron chi connectivity index (χ4n) is 2.94. The first-order valence-electron chi connectivity index (χ1n) is 7.79. The third-order valence-corrected chi connectivity index (χ3v) is 4.53. The predicted octanol–water partition coefficient (Wildman–Crippen LogP) is 3.97. The van der Waals surface area contributed by atoms with E-state index in [1.54, 1.807) is 0 Å². The number of nitrogen functional groups attached to an aromatic ring is 1. The van der Waals surface area contributed by atoms with Gasteiger partial charge in [-0.2, -0.15) is 0 Å². The van der Waals surface area contributed by atoms with Gasteiger partial charge in [-0.15, -0.1) is 0 Å². The Morgan fingerprint density at radius 3 is 2.27 bits per heavy atom. The molecule has 2 N–H and O–H groups in total. The molecule has 0 amide bonds. The van der Waals surface area contributed by atoms with Crippen molar-refractivity contribution in [3.8, 4) is 5.75 Å². The van der Waals surface area contributed by atoms with E-state index in [-0.39, 0.29) is 5.60 Å². The first-order valence-corrected chi connectivity index (χ1v) is 7.79. The van der Waals surface area contributed by atoms with Crippen LogP contribution in [0.15, 0.2) is 42.5 Å². The zero-order valence-electron chi connectivity index (χ0n) is 13.3. The number of aryl methyl sites for hydroxylation is 2. The van der Waals surface area contributed by atoms with Crippen molar-refractivity contribution >= 4 is 5.69 Å². The Balaban J connectivity index is 1.96. The lowest BCUT2D eigenvalue weighted by atomic mass is 9.84. The number of hydrogen-bond acceptors (Lipinski definition) is 3. The van der Waals surface area contributed by atoms with Crippen LogP contribution in [0.25, 0.3) is 0 Å². The van der Waals surface area contributed by atoms with Crippen molar-refractivity contribution in [1.82, 2.24) is 0 Å². The van der Waals surface area contributed by atoms with Crippen molar-refractivity contribution in [2.75, 3.05) is 18.9 Å². The molecule has 0 radical (unpaired) electrons. The van der Waals surface area contributed by atoms with Gasteiger partial charge < -0.3 is 15.2 Å². The van der Waals surface area contributed by atoms with Gasteiger partial charge in [-0.3, -0.25) is 0 Å². The highest BCUT2D eigenvalue weighted by Gasteiger charge is 2.37. The fraction of sp³-hybridized carbons (Fsp3) is 0.368. The molecule has 0 saturated carbocycles. The van der Waals surface area contributed by atoms with E-state index in [0.29, 0.717) is 0 Å². The summed E-state index contributed by atoms with van der Waals surface area (Å²) >= 11 is 0. The number of ether oxygens (including phenoxy) is 2. The van der Waals surface area contributed by atoms with Crippen molar-refractivity contribution in [3.05, 3.63) is 59.2 Å². The molecule has 1 heterocycles. The molecule has 0 aromatic heterocycles. The van der Waals surface area contributed by atoms with Crippen LogP contribution in [0.4, 0.5) is 5.69 Å². The van der Waals surface area contributed by atoms with Crippen molar-refractivity contribution < 1.29 is 9.47 Å². The Morgan fingerprint density at radius 2 is 1.64 bits per heavy atom. The second kappa shape index (κ2) is 6.01. The van der Waals surface area contributed by atoms with Crippen LogP contribution in [0.1, 0.15) is 29.5 Å². The minimum atomic E-state index is -0.313. The highest BCUT2D eigenvalue weighted by atomic mass is 16.5. The summed E-state index contributed by atoms with van der Waals surface area (Å²) in [6.07, 6.45) is 1.72. The third-order valence-electron chi connectivity index (χ3n) is 4.53. The highest BCUT2D eigenvalue weighted by molar-refractivity contribution is 5.42. The molecule has 3 heteroatoms. The molecule has 1 fully saturated rings. The second-order valence-electron chi connectivity index (χ2n) is 6.08. The summed E-state index contributed by atoms with van der Waals surface area (Å²) in [4.78, 5) is 0. The van der Waals surface area contributed by atoms with E-state index in [1.807, 2.05) is 24.3 Å². The van der Waals surface area contributed by atoms with Gasteiger partial charge in [0.25, 0.3) is 0 Å². The van der Waals surface area contributed by atoms with Crippen molar-refractivity contribution in [1.29, 1.82) is 0 Å². The van der Waals surface area contributed by atoms with Gasteiger partial charge in [-0.1, -0.05) is 18.2 Å². The quantitative estimate of drug-likeness (QED) is 0.872. The molecule has 3 rings (SSSR count). The molecule has 116 valence electrons. The molecule has 3 nitrogen and oxygen atoms in total. The smallest absolute Gasteiger partial charge is 0.138 e. The average Bonchev–Trinajstić information content (AvgIpc) is 2.53. The maximum absolute atomic E-state index is 6.44. The lowest BCUT2D eigenvalue weighted by molar-refractivity contribution is -0.0501. The Morgan fingerprint density at radius 1 is 0.955 bits per heavy atom. The lowest BCUT2D eigenvalue weighted by Crippen LogP contribution is -2.39. The molecule has 1 saturated heterocycles. The van der Waals surface area contributed by atoms with Gasteiger partial charge in [-0.05, 0) is 54.8 Å². The Hall–Kier alpha value is -2.00. The van der Waals surface area contributed by atoms with Crippen LogP contribution in [0.3, 0.4) is 0 Å². The summed E-state index contributed by atoms with van der Waals surface area (Å²) in [7, 11) is 0. The maximum atomic E-state index is 6.44. The zero-order valence-corrected chi connectivity index (χ0v) is 13.3. The zero-order chi connectivity index (χ0) is 15.6. The number of rotatable bonds is 3. The maximum Gasteiger partial charge on any atom is 0.138 e. The molecule has 2 aromatic rings. The Labute approximate surface area is 132 Å². The summed E-state index contributed by atoms with van der Waals surface area (Å²) in [5, 5.41) is 0. The van der Waals surface area contributed by atoms with Crippen LogP contribution in [0.5, 0.6) is 5.75 Å². The number of nitrogens with two attached hydrogens (primary N) is 1. The molecule has 0 unspecified atom stereocenters. The summed E-state index contributed by atoms with van der Waals surface area (Å²) in [5.74, 6) is 0.856. The largest absolute Gasteiger partial charge is 0.482 e. The lowest BCUT2D eigenvalue weighted by Gasteiger charge is -2.38. The molecule has 0 spiro atoms. The van der Waals surface area contributed by atoms with E-state index in [2.05, 4.69) is 32.0 Å². The molecule has 22 heavy (non-hydrogen) atoms. The summed E-state index contributed by atoms with van der Waals surface area (Å²) in [6.45, 7) is 5.73. The van der Waals surface area contributed by atoms with E-state index < -0.39 is 0 Å².